The summed E-state index contributed by atoms with van der Waals surface area (Å²) in [7, 11) is -3.53. The van der Waals surface area contributed by atoms with Gasteiger partial charge in [-0.2, -0.15) is 4.31 Å². The number of benzene rings is 2. The normalized spacial score (nSPS) is 18.5. The van der Waals surface area contributed by atoms with E-state index in [1.54, 1.807) is 12.1 Å². The van der Waals surface area contributed by atoms with E-state index in [2.05, 4.69) is 10.2 Å². The van der Waals surface area contributed by atoms with Crippen molar-refractivity contribution in [2.24, 2.45) is 5.92 Å². The van der Waals surface area contributed by atoms with Crippen LogP contribution in [0.3, 0.4) is 0 Å². The van der Waals surface area contributed by atoms with Crippen LogP contribution in [0.25, 0.3) is 6.08 Å². The fourth-order valence-electron chi connectivity index (χ4n) is 4.11. The fraction of sp³-hybridized carbons (Fsp3) is 0.375. The molecule has 0 aliphatic carbocycles. The zero-order chi connectivity index (χ0) is 23.3. The molecule has 2 fully saturated rings. The number of carbonyl (C=O) groups excluding carboxylic acids is 1. The summed E-state index contributed by atoms with van der Waals surface area (Å²) in [6.07, 6.45) is 2.54. The third-order valence-corrected chi connectivity index (χ3v) is 7.78. The van der Waals surface area contributed by atoms with Gasteiger partial charge in [-0.3, -0.25) is 4.79 Å². The molecule has 0 spiro atoms. The zero-order valence-corrected chi connectivity index (χ0v) is 19.9. The third kappa shape index (κ3) is 6.14. The minimum absolute atomic E-state index is 0.108. The molecule has 2 heterocycles. The Balaban J connectivity index is 1.37. The summed E-state index contributed by atoms with van der Waals surface area (Å²) in [5.41, 5.74) is 2.42. The van der Waals surface area contributed by atoms with Gasteiger partial charge in [0.1, 0.15) is 0 Å². The molecule has 0 bridgehead atoms. The van der Waals surface area contributed by atoms with Crippen LogP contribution in [-0.4, -0.2) is 58.0 Å². The van der Waals surface area contributed by atoms with Crippen molar-refractivity contribution < 1.29 is 17.9 Å². The van der Waals surface area contributed by atoms with E-state index in [1.165, 1.54) is 9.71 Å². The van der Waals surface area contributed by atoms with Crippen molar-refractivity contribution in [2.45, 2.75) is 12.8 Å². The van der Waals surface area contributed by atoms with Crippen LogP contribution in [0.2, 0.25) is 5.02 Å². The zero-order valence-electron chi connectivity index (χ0n) is 18.3. The molecule has 176 valence electrons. The lowest BCUT2D eigenvalue weighted by atomic mass is 9.97. The second-order valence-corrected chi connectivity index (χ2v) is 10.4. The summed E-state index contributed by atoms with van der Waals surface area (Å²) in [6, 6.07) is 14.8. The molecule has 9 heteroatoms. The second-order valence-electron chi connectivity index (χ2n) is 8.18. The second kappa shape index (κ2) is 10.7. The van der Waals surface area contributed by atoms with Crippen LogP contribution >= 0.6 is 11.6 Å². The molecule has 4 rings (SSSR count). The Morgan fingerprint density at radius 3 is 2.42 bits per heavy atom. The third-order valence-electron chi connectivity index (χ3n) is 5.98. The lowest BCUT2D eigenvalue weighted by molar-refractivity contribution is -0.120. The number of nitrogens with zero attached hydrogens (tertiary/aromatic N) is 2. The van der Waals surface area contributed by atoms with Crippen molar-refractivity contribution in [3.05, 3.63) is 64.5 Å². The Hall–Kier alpha value is -2.39. The number of hydrogen-bond donors (Lipinski definition) is 1. The van der Waals surface area contributed by atoms with Crippen LogP contribution in [0.15, 0.2) is 53.9 Å². The standard InChI is InChI=1S/C24H28ClN3O4S/c25-21-6-7-23(27-13-15-32-16-14-27)22(18-21)26-24(29)20-8-11-28(12-9-20)33(30,31)17-10-19-4-2-1-3-5-19/h1-7,10,17-18,20H,8-9,11-16H2,(H,26,29)/b17-10+. The number of sulfonamides is 1. The van der Waals surface area contributed by atoms with Gasteiger partial charge in [-0.05, 0) is 42.7 Å². The van der Waals surface area contributed by atoms with Gasteiger partial charge in [-0.15, -0.1) is 0 Å². The van der Waals surface area contributed by atoms with Crippen molar-refractivity contribution in [2.75, 3.05) is 49.6 Å². The number of ether oxygens (including phenoxy) is 1. The maximum absolute atomic E-state index is 13.0. The molecule has 1 N–H and O–H groups in total. The minimum atomic E-state index is -3.53. The van der Waals surface area contributed by atoms with Gasteiger partial charge >= 0.3 is 0 Å². The molecular weight excluding hydrogens is 462 g/mol. The SMILES string of the molecule is O=C(Nc1cc(Cl)ccc1N1CCOCC1)C1CCN(S(=O)(=O)/C=C/c2ccccc2)CC1. The van der Waals surface area contributed by atoms with E-state index in [0.717, 1.165) is 24.3 Å². The maximum atomic E-state index is 13.0. The first kappa shape index (κ1) is 23.8. The summed E-state index contributed by atoms with van der Waals surface area (Å²) in [4.78, 5) is 15.2. The Labute approximate surface area is 200 Å². The van der Waals surface area contributed by atoms with Crippen LogP contribution in [0, 0.1) is 5.92 Å². The number of halogens is 1. The molecule has 7 nitrogen and oxygen atoms in total. The summed E-state index contributed by atoms with van der Waals surface area (Å²) in [5, 5.41) is 4.82. The quantitative estimate of drug-likeness (QED) is 0.667. The lowest BCUT2D eigenvalue weighted by Crippen LogP contribution is -2.41. The van der Waals surface area contributed by atoms with E-state index < -0.39 is 10.0 Å². The van der Waals surface area contributed by atoms with Crippen molar-refractivity contribution in [3.8, 4) is 0 Å². The average Bonchev–Trinajstić information content (AvgIpc) is 2.84. The van der Waals surface area contributed by atoms with E-state index in [4.69, 9.17) is 16.3 Å². The number of anilines is 2. The average molecular weight is 490 g/mol. The predicted molar refractivity (Wildman–Crippen MR) is 132 cm³/mol. The molecule has 2 saturated heterocycles. The first-order valence-electron chi connectivity index (χ1n) is 11.1. The van der Waals surface area contributed by atoms with Crippen molar-refractivity contribution in [1.82, 2.24) is 4.31 Å². The van der Waals surface area contributed by atoms with Gasteiger partial charge in [-0.25, -0.2) is 8.42 Å². The molecule has 0 unspecified atom stereocenters. The van der Waals surface area contributed by atoms with Gasteiger partial charge in [0.15, 0.2) is 0 Å². The van der Waals surface area contributed by atoms with Crippen LogP contribution in [-0.2, 0) is 19.6 Å². The number of carbonyl (C=O) groups is 1. The van der Waals surface area contributed by atoms with E-state index in [-0.39, 0.29) is 11.8 Å². The summed E-state index contributed by atoms with van der Waals surface area (Å²) in [5.74, 6) is -0.366. The number of hydrogen-bond acceptors (Lipinski definition) is 5. The highest BCUT2D eigenvalue weighted by atomic mass is 35.5. The lowest BCUT2D eigenvalue weighted by Gasteiger charge is -2.32. The molecule has 2 aliphatic rings. The van der Waals surface area contributed by atoms with Crippen molar-refractivity contribution >= 4 is 45.0 Å². The first-order valence-corrected chi connectivity index (χ1v) is 13.0. The number of amides is 1. The van der Waals surface area contributed by atoms with Gasteiger partial charge in [-0.1, -0.05) is 41.9 Å². The largest absolute Gasteiger partial charge is 0.378 e. The Morgan fingerprint density at radius 2 is 1.73 bits per heavy atom. The van der Waals surface area contributed by atoms with Crippen molar-refractivity contribution in [3.63, 3.8) is 0 Å². The molecule has 0 radical (unpaired) electrons. The number of piperidine rings is 1. The molecule has 0 atom stereocenters. The summed E-state index contributed by atoms with van der Waals surface area (Å²) < 4.78 is 32.3. The topological polar surface area (TPSA) is 79.0 Å². The van der Waals surface area contributed by atoms with Gasteiger partial charge in [0, 0.05) is 42.5 Å². The smallest absolute Gasteiger partial charge is 0.236 e. The highest BCUT2D eigenvalue weighted by molar-refractivity contribution is 7.92. The molecule has 2 aliphatic heterocycles. The number of nitrogens with one attached hydrogen (secondary N) is 1. The van der Waals surface area contributed by atoms with Crippen LogP contribution in [0.5, 0.6) is 0 Å². The number of morpholine rings is 1. The molecule has 1 amide bonds. The van der Waals surface area contributed by atoms with E-state index in [1.807, 2.05) is 42.5 Å². The van der Waals surface area contributed by atoms with Crippen molar-refractivity contribution in [1.29, 1.82) is 0 Å². The molecule has 33 heavy (non-hydrogen) atoms. The van der Waals surface area contributed by atoms with Gasteiger partial charge < -0.3 is 15.0 Å². The highest BCUT2D eigenvalue weighted by Crippen LogP contribution is 2.31. The first-order chi connectivity index (χ1) is 15.9. The molecular formula is C24H28ClN3O4S. The molecule has 2 aromatic carbocycles. The monoisotopic (exact) mass is 489 g/mol. The minimum Gasteiger partial charge on any atom is -0.378 e. The summed E-state index contributed by atoms with van der Waals surface area (Å²) >= 11 is 6.19. The van der Waals surface area contributed by atoms with Crippen LogP contribution < -0.4 is 10.2 Å². The van der Waals surface area contributed by atoms with Crippen LogP contribution in [0.1, 0.15) is 18.4 Å². The number of rotatable bonds is 6. The molecule has 0 aromatic heterocycles. The Kier molecular flexibility index (Phi) is 7.70. The van der Waals surface area contributed by atoms with Crippen LogP contribution in [0.4, 0.5) is 11.4 Å². The summed E-state index contributed by atoms with van der Waals surface area (Å²) in [6.45, 7) is 3.40. The van der Waals surface area contributed by atoms with E-state index in [9.17, 15) is 13.2 Å². The van der Waals surface area contributed by atoms with Gasteiger partial charge in [0.25, 0.3) is 0 Å². The predicted octanol–water partition coefficient (Wildman–Crippen LogP) is 3.83. The van der Waals surface area contributed by atoms with E-state index in [0.29, 0.717) is 49.9 Å². The maximum Gasteiger partial charge on any atom is 0.236 e. The van der Waals surface area contributed by atoms with Gasteiger partial charge in [0.05, 0.1) is 24.6 Å². The van der Waals surface area contributed by atoms with E-state index >= 15 is 0 Å². The Bertz CT molecular complexity index is 1090. The van der Waals surface area contributed by atoms with Gasteiger partial charge in [0.2, 0.25) is 15.9 Å². The highest BCUT2D eigenvalue weighted by Gasteiger charge is 2.30. The fourth-order valence-corrected chi connectivity index (χ4v) is 5.50. The molecule has 0 saturated carbocycles. The Morgan fingerprint density at radius 1 is 1.03 bits per heavy atom. The molecule has 2 aromatic rings.